The van der Waals surface area contributed by atoms with Gasteiger partial charge in [-0.3, -0.25) is 4.79 Å². The Bertz CT molecular complexity index is 550. The summed E-state index contributed by atoms with van der Waals surface area (Å²) in [5, 5.41) is 0. The van der Waals surface area contributed by atoms with Crippen LogP contribution < -0.4 is 0 Å². The van der Waals surface area contributed by atoms with Gasteiger partial charge in [0.05, 0.1) is 11.4 Å². The number of carbonyl (C=O) groups is 1. The van der Waals surface area contributed by atoms with E-state index in [0.29, 0.717) is 0 Å². The molecule has 1 aliphatic rings. The van der Waals surface area contributed by atoms with Crippen molar-refractivity contribution >= 4 is 15.8 Å². The number of Topliss-reactive ketones (excluding diaryl/α,β-unsaturated/α-hetero) is 1. The third kappa shape index (κ3) is 2.31. The quantitative estimate of drug-likeness (QED) is 0.805. The number of sulfonamides is 1. The molecule has 0 aromatic heterocycles. The molecule has 0 spiro atoms. The molecular weight excluding hydrogens is 254 g/mol. The van der Waals surface area contributed by atoms with Crippen molar-refractivity contribution < 1.29 is 17.9 Å². The Morgan fingerprint density at radius 1 is 1.28 bits per heavy atom. The molecule has 1 atom stereocenters. The Morgan fingerprint density at radius 3 is 2.39 bits per heavy atom. The van der Waals surface area contributed by atoms with Crippen LogP contribution >= 0.6 is 0 Å². The van der Waals surface area contributed by atoms with Crippen molar-refractivity contribution in [1.29, 1.82) is 0 Å². The van der Waals surface area contributed by atoms with Crippen LogP contribution in [-0.2, 0) is 19.6 Å². The summed E-state index contributed by atoms with van der Waals surface area (Å²) in [6.07, 6.45) is -0.648. The van der Waals surface area contributed by atoms with Crippen LogP contribution in [0.1, 0.15) is 5.56 Å². The van der Waals surface area contributed by atoms with Gasteiger partial charge in [0.2, 0.25) is 10.0 Å². The van der Waals surface area contributed by atoms with Crippen molar-refractivity contribution in [1.82, 2.24) is 4.31 Å². The van der Waals surface area contributed by atoms with Crippen LogP contribution in [0.4, 0.5) is 0 Å². The van der Waals surface area contributed by atoms with E-state index in [0.717, 1.165) is 9.87 Å². The molecule has 0 bridgehead atoms. The Morgan fingerprint density at radius 2 is 1.89 bits per heavy atom. The van der Waals surface area contributed by atoms with Gasteiger partial charge in [-0.15, -0.1) is 0 Å². The Labute approximate surface area is 106 Å². The van der Waals surface area contributed by atoms with Crippen molar-refractivity contribution in [3.63, 3.8) is 0 Å². The maximum atomic E-state index is 12.3. The first-order chi connectivity index (χ1) is 8.45. The molecule has 0 saturated carbocycles. The Hall–Kier alpha value is -1.24. The monoisotopic (exact) mass is 269 g/mol. The van der Waals surface area contributed by atoms with Gasteiger partial charge in [-0.2, -0.15) is 4.31 Å². The number of ketones is 1. The fourth-order valence-electron chi connectivity index (χ4n) is 1.88. The first kappa shape index (κ1) is 13.2. The van der Waals surface area contributed by atoms with Crippen LogP contribution in [0.15, 0.2) is 29.2 Å². The van der Waals surface area contributed by atoms with E-state index in [1.54, 1.807) is 24.3 Å². The number of rotatable bonds is 3. The predicted molar refractivity (Wildman–Crippen MR) is 65.7 cm³/mol. The zero-order valence-electron chi connectivity index (χ0n) is 10.3. The highest BCUT2D eigenvalue weighted by atomic mass is 32.2. The Kier molecular flexibility index (Phi) is 3.52. The SMILES string of the molecule is CO[C@@H]1CN(S(=O)(=O)c2ccc(C)cc2)CC1=O. The normalized spacial score (nSPS) is 21.4. The topological polar surface area (TPSA) is 63.7 Å². The molecule has 1 aromatic rings. The van der Waals surface area contributed by atoms with Crippen LogP contribution in [-0.4, -0.2) is 44.8 Å². The fourth-order valence-corrected chi connectivity index (χ4v) is 3.28. The molecule has 0 aliphatic carbocycles. The lowest BCUT2D eigenvalue weighted by molar-refractivity contribution is -0.124. The summed E-state index contributed by atoms with van der Waals surface area (Å²) in [6, 6.07) is 6.57. The lowest BCUT2D eigenvalue weighted by atomic mass is 10.2. The van der Waals surface area contributed by atoms with Gasteiger partial charge in [-0.25, -0.2) is 8.42 Å². The number of benzene rings is 1. The lowest BCUT2D eigenvalue weighted by Gasteiger charge is -2.15. The van der Waals surface area contributed by atoms with E-state index in [2.05, 4.69) is 0 Å². The number of ether oxygens (including phenoxy) is 1. The number of hydrogen-bond acceptors (Lipinski definition) is 4. The second-order valence-corrected chi connectivity index (χ2v) is 6.24. The first-order valence-electron chi connectivity index (χ1n) is 5.57. The van der Waals surface area contributed by atoms with E-state index in [1.807, 2.05) is 6.92 Å². The third-order valence-corrected chi connectivity index (χ3v) is 4.83. The molecule has 1 aromatic carbocycles. The lowest BCUT2D eigenvalue weighted by Crippen LogP contribution is -2.30. The summed E-state index contributed by atoms with van der Waals surface area (Å²) >= 11 is 0. The fraction of sp³-hybridized carbons (Fsp3) is 0.417. The first-order valence-corrected chi connectivity index (χ1v) is 7.01. The Balaban J connectivity index is 2.28. The number of hydrogen-bond donors (Lipinski definition) is 0. The zero-order valence-corrected chi connectivity index (χ0v) is 11.1. The number of carbonyl (C=O) groups excluding carboxylic acids is 1. The molecule has 1 heterocycles. The maximum absolute atomic E-state index is 12.3. The van der Waals surface area contributed by atoms with Crippen LogP contribution in [0.25, 0.3) is 0 Å². The van der Waals surface area contributed by atoms with E-state index >= 15 is 0 Å². The van der Waals surface area contributed by atoms with Crippen molar-refractivity contribution in [3.8, 4) is 0 Å². The minimum Gasteiger partial charge on any atom is -0.372 e. The van der Waals surface area contributed by atoms with Gasteiger partial charge in [0.15, 0.2) is 5.78 Å². The largest absolute Gasteiger partial charge is 0.372 e. The molecule has 18 heavy (non-hydrogen) atoms. The van der Waals surface area contributed by atoms with Crippen LogP contribution in [0, 0.1) is 6.92 Å². The van der Waals surface area contributed by atoms with Crippen LogP contribution in [0.2, 0.25) is 0 Å². The number of methoxy groups -OCH3 is 1. The van der Waals surface area contributed by atoms with Gasteiger partial charge < -0.3 is 4.74 Å². The van der Waals surface area contributed by atoms with Crippen molar-refractivity contribution in [2.24, 2.45) is 0 Å². The molecule has 0 amide bonds. The van der Waals surface area contributed by atoms with E-state index < -0.39 is 16.1 Å². The van der Waals surface area contributed by atoms with Gasteiger partial charge in [0, 0.05) is 13.7 Å². The summed E-state index contributed by atoms with van der Waals surface area (Å²) in [5.41, 5.74) is 0.987. The molecule has 0 radical (unpaired) electrons. The van der Waals surface area contributed by atoms with Gasteiger partial charge in [0.25, 0.3) is 0 Å². The average molecular weight is 269 g/mol. The standard InChI is InChI=1S/C12H15NO4S/c1-9-3-5-10(6-4-9)18(15,16)13-7-11(14)12(8-13)17-2/h3-6,12H,7-8H2,1-2H3/t12-/m1/s1. The molecule has 2 rings (SSSR count). The van der Waals surface area contributed by atoms with E-state index in [-0.39, 0.29) is 23.8 Å². The second kappa shape index (κ2) is 4.79. The summed E-state index contributed by atoms with van der Waals surface area (Å²) in [7, 11) is -2.19. The number of aryl methyl sites for hydroxylation is 1. The summed E-state index contributed by atoms with van der Waals surface area (Å²) in [5.74, 6) is -0.201. The van der Waals surface area contributed by atoms with Gasteiger partial charge in [-0.05, 0) is 19.1 Å². The highest BCUT2D eigenvalue weighted by Crippen LogP contribution is 2.20. The predicted octanol–water partition coefficient (Wildman–Crippen LogP) is 0.583. The van der Waals surface area contributed by atoms with Crippen molar-refractivity contribution in [2.75, 3.05) is 20.2 Å². The molecule has 6 heteroatoms. The van der Waals surface area contributed by atoms with Crippen molar-refractivity contribution in [3.05, 3.63) is 29.8 Å². The minimum absolute atomic E-state index is 0.0888. The van der Waals surface area contributed by atoms with Gasteiger partial charge in [0.1, 0.15) is 6.10 Å². The summed E-state index contributed by atoms with van der Waals surface area (Å²) in [4.78, 5) is 11.7. The molecule has 5 nitrogen and oxygen atoms in total. The van der Waals surface area contributed by atoms with Crippen LogP contribution in [0.3, 0.4) is 0 Å². The maximum Gasteiger partial charge on any atom is 0.243 e. The third-order valence-electron chi connectivity index (χ3n) is 3.00. The summed E-state index contributed by atoms with van der Waals surface area (Å²) < 4.78 is 30.7. The van der Waals surface area contributed by atoms with Gasteiger partial charge in [-0.1, -0.05) is 17.7 Å². The molecule has 0 unspecified atom stereocenters. The van der Waals surface area contributed by atoms with Crippen LogP contribution in [0.5, 0.6) is 0 Å². The summed E-state index contributed by atoms with van der Waals surface area (Å²) in [6.45, 7) is 1.86. The minimum atomic E-state index is -3.60. The zero-order chi connectivity index (χ0) is 13.3. The second-order valence-electron chi connectivity index (χ2n) is 4.30. The molecule has 1 saturated heterocycles. The molecule has 1 fully saturated rings. The van der Waals surface area contributed by atoms with Gasteiger partial charge >= 0.3 is 0 Å². The highest BCUT2D eigenvalue weighted by Gasteiger charge is 2.38. The smallest absolute Gasteiger partial charge is 0.243 e. The molecular formula is C12H15NO4S. The van der Waals surface area contributed by atoms with Crippen molar-refractivity contribution in [2.45, 2.75) is 17.9 Å². The molecule has 1 aliphatic heterocycles. The van der Waals surface area contributed by atoms with E-state index in [9.17, 15) is 13.2 Å². The average Bonchev–Trinajstić information content (AvgIpc) is 2.72. The highest BCUT2D eigenvalue weighted by molar-refractivity contribution is 7.89. The van der Waals surface area contributed by atoms with E-state index in [4.69, 9.17) is 4.74 Å². The number of nitrogens with zero attached hydrogens (tertiary/aromatic N) is 1. The molecule has 0 N–H and O–H groups in total. The van der Waals surface area contributed by atoms with E-state index in [1.165, 1.54) is 7.11 Å². The molecule has 98 valence electrons.